The summed E-state index contributed by atoms with van der Waals surface area (Å²) in [6.07, 6.45) is 4.29. The fourth-order valence-electron chi connectivity index (χ4n) is 1.24. The standard InChI is InChI=1S/C10H9BrF2N4/c11-7-1-2-8(14-3-7)4-15-9-5-16-17(6-9)10(12)13/h1-3,5-6,10,15H,4H2. The van der Waals surface area contributed by atoms with Crippen LogP contribution in [0.15, 0.2) is 35.2 Å². The van der Waals surface area contributed by atoms with Crippen LogP contribution in [-0.4, -0.2) is 14.8 Å². The summed E-state index contributed by atoms with van der Waals surface area (Å²) in [6.45, 7) is -2.15. The topological polar surface area (TPSA) is 42.7 Å². The minimum Gasteiger partial charge on any atom is -0.377 e. The number of pyridine rings is 1. The van der Waals surface area contributed by atoms with Gasteiger partial charge in [0.25, 0.3) is 0 Å². The van der Waals surface area contributed by atoms with Crippen molar-refractivity contribution in [2.45, 2.75) is 13.1 Å². The Bertz CT molecular complexity index is 483. The van der Waals surface area contributed by atoms with Gasteiger partial charge in [-0.1, -0.05) is 0 Å². The molecule has 0 bridgehead atoms. The molecule has 0 saturated carbocycles. The van der Waals surface area contributed by atoms with E-state index in [1.807, 2.05) is 12.1 Å². The molecule has 0 amide bonds. The van der Waals surface area contributed by atoms with Crippen molar-refractivity contribution < 1.29 is 8.78 Å². The first-order valence-corrected chi connectivity index (χ1v) is 5.61. The van der Waals surface area contributed by atoms with Crippen LogP contribution in [0.4, 0.5) is 14.5 Å². The lowest BCUT2D eigenvalue weighted by Crippen LogP contribution is -2.01. The summed E-state index contributed by atoms with van der Waals surface area (Å²) in [5, 5.41) is 6.48. The Morgan fingerprint density at radius 2 is 2.18 bits per heavy atom. The Balaban J connectivity index is 1.95. The van der Waals surface area contributed by atoms with E-state index in [0.29, 0.717) is 16.9 Å². The maximum absolute atomic E-state index is 12.2. The van der Waals surface area contributed by atoms with Crippen LogP contribution in [0.5, 0.6) is 0 Å². The van der Waals surface area contributed by atoms with Gasteiger partial charge in [0.15, 0.2) is 0 Å². The predicted molar refractivity (Wildman–Crippen MR) is 62.7 cm³/mol. The molecule has 0 atom stereocenters. The van der Waals surface area contributed by atoms with Gasteiger partial charge in [-0.05, 0) is 28.1 Å². The lowest BCUT2D eigenvalue weighted by Gasteiger charge is -2.02. The van der Waals surface area contributed by atoms with E-state index in [2.05, 4.69) is 31.3 Å². The molecule has 7 heteroatoms. The molecule has 4 nitrogen and oxygen atoms in total. The van der Waals surface area contributed by atoms with E-state index < -0.39 is 6.55 Å². The second-order valence-corrected chi connectivity index (χ2v) is 4.22. The van der Waals surface area contributed by atoms with Crippen molar-refractivity contribution in [3.63, 3.8) is 0 Å². The van der Waals surface area contributed by atoms with Crippen LogP contribution in [-0.2, 0) is 6.54 Å². The molecule has 90 valence electrons. The first-order chi connectivity index (χ1) is 8.15. The Morgan fingerprint density at radius 3 is 2.76 bits per heavy atom. The minimum absolute atomic E-state index is 0.461. The van der Waals surface area contributed by atoms with Crippen molar-refractivity contribution in [3.8, 4) is 0 Å². The van der Waals surface area contributed by atoms with Gasteiger partial charge in [0.1, 0.15) is 0 Å². The second-order valence-electron chi connectivity index (χ2n) is 3.31. The molecule has 0 saturated heterocycles. The molecule has 2 aromatic heterocycles. The van der Waals surface area contributed by atoms with Crippen LogP contribution >= 0.6 is 15.9 Å². The molecule has 0 unspecified atom stereocenters. The molecular weight excluding hydrogens is 294 g/mol. The van der Waals surface area contributed by atoms with Crippen LogP contribution in [0.25, 0.3) is 0 Å². The predicted octanol–water partition coefficient (Wildman–Crippen LogP) is 3.05. The van der Waals surface area contributed by atoms with Crippen molar-refractivity contribution in [3.05, 3.63) is 40.9 Å². The van der Waals surface area contributed by atoms with E-state index in [1.165, 1.54) is 12.4 Å². The van der Waals surface area contributed by atoms with E-state index >= 15 is 0 Å². The number of halogens is 3. The number of hydrogen-bond acceptors (Lipinski definition) is 3. The maximum Gasteiger partial charge on any atom is 0.333 e. The van der Waals surface area contributed by atoms with Gasteiger partial charge in [-0.15, -0.1) is 0 Å². The molecule has 0 radical (unpaired) electrons. The van der Waals surface area contributed by atoms with Crippen molar-refractivity contribution in [1.82, 2.24) is 14.8 Å². The maximum atomic E-state index is 12.2. The van der Waals surface area contributed by atoms with Gasteiger partial charge in [-0.25, -0.2) is 4.68 Å². The van der Waals surface area contributed by atoms with Gasteiger partial charge >= 0.3 is 6.55 Å². The monoisotopic (exact) mass is 302 g/mol. The van der Waals surface area contributed by atoms with E-state index in [4.69, 9.17) is 0 Å². The molecule has 2 aromatic rings. The summed E-state index contributed by atoms with van der Waals surface area (Å²) in [6, 6.07) is 3.71. The number of nitrogens with zero attached hydrogens (tertiary/aromatic N) is 3. The zero-order valence-corrected chi connectivity index (χ0v) is 10.2. The summed E-state index contributed by atoms with van der Waals surface area (Å²) in [5.74, 6) is 0. The highest BCUT2D eigenvalue weighted by molar-refractivity contribution is 9.10. The van der Waals surface area contributed by atoms with Gasteiger partial charge in [0.05, 0.1) is 30.3 Å². The largest absolute Gasteiger partial charge is 0.377 e. The van der Waals surface area contributed by atoms with Crippen molar-refractivity contribution in [2.75, 3.05) is 5.32 Å². The zero-order valence-electron chi connectivity index (χ0n) is 8.65. The number of rotatable bonds is 4. The molecule has 0 aliphatic rings. The summed E-state index contributed by atoms with van der Waals surface area (Å²) in [4.78, 5) is 4.15. The summed E-state index contributed by atoms with van der Waals surface area (Å²) >= 11 is 3.28. The first kappa shape index (κ1) is 12.0. The fraction of sp³-hybridized carbons (Fsp3) is 0.200. The molecule has 0 spiro atoms. The lowest BCUT2D eigenvalue weighted by molar-refractivity contribution is 0.0566. The van der Waals surface area contributed by atoms with Crippen molar-refractivity contribution in [1.29, 1.82) is 0 Å². The van der Waals surface area contributed by atoms with Crippen LogP contribution in [0.2, 0.25) is 0 Å². The molecule has 17 heavy (non-hydrogen) atoms. The van der Waals surface area contributed by atoms with Gasteiger partial charge in [0, 0.05) is 10.7 Å². The Hall–Kier alpha value is -1.50. The molecule has 0 aliphatic carbocycles. The molecular formula is C10H9BrF2N4. The van der Waals surface area contributed by atoms with E-state index in [9.17, 15) is 8.78 Å². The summed E-state index contributed by atoms with van der Waals surface area (Å²) in [7, 11) is 0. The van der Waals surface area contributed by atoms with Crippen molar-refractivity contribution in [2.24, 2.45) is 0 Å². The highest BCUT2D eigenvalue weighted by Crippen LogP contribution is 2.14. The number of anilines is 1. The Labute approximate surface area is 105 Å². The van der Waals surface area contributed by atoms with Crippen LogP contribution in [0.3, 0.4) is 0 Å². The van der Waals surface area contributed by atoms with E-state index in [1.54, 1.807) is 6.20 Å². The van der Waals surface area contributed by atoms with E-state index in [-0.39, 0.29) is 0 Å². The quantitative estimate of drug-likeness (QED) is 0.944. The normalized spacial score (nSPS) is 10.8. The number of hydrogen-bond donors (Lipinski definition) is 1. The first-order valence-electron chi connectivity index (χ1n) is 4.82. The van der Waals surface area contributed by atoms with Crippen LogP contribution in [0.1, 0.15) is 12.2 Å². The van der Waals surface area contributed by atoms with E-state index in [0.717, 1.165) is 10.2 Å². The second kappa shape index (κ2) is 5.22. The minimum atomic E-state index is -2.61. The molecule has 0 aromatic carbocycles. The molecule has 0 aliphatic heterocycles. The molecule has 2 heterocycles. The van der Waals surface area contributed by atoms with Gasteiger partial charge < -0.3 is 5.32 Å². The van der Waals surface area contributed by atoms with Gasteiger partial charge in [-0.2, -0.15) is 13.9 Å². The molecule has 2 rings (SSSR count). The molecule has 0 fully saturated rings. The van der Waals surface area contributed by atoms with Crippen LogP contribution < -0.4 is 5.32 Å². The fourth-order valence-corrected chi connectivity index (χ4v) is 1.47. The third-order valence-electron chi connectivity index (χ3n) is 2.06. The average Bonchev–Trinajstić information content (AvgIpc) is 2.77. The number of nitrogens with one attached hydrogen (secondary N) is 1. The van der Waals surface area contributed by atoms with Gasteiger partial charge in [-0.3, -0.25) is 4.98 Å². The van der Waals surface area contributed by atoms with Crippen molar-refractivity contribution >= 4 is 21.6 Å². The third kappa shape index (κ3) is 3.23. The third-order valence-corrected chi connectivity index (χ3v) is 2.53. The zero-order chi connectivity index (χ0) is 12.3. The lowest BCUT2D eigenvalue weighted by atomic mass is 10.3. The highest BCUT2D eigenvalue weighted by Gasteiger charge is 2.06. The van der Waals surface area contributed by atoms with Gasteiger partial charge in [0.2, 0.25) is 0 Å². The van der Waals surface area contributed by atoms with Crippen LogP contribution in [0, 0.1) is 0 Å². The smallest absolute Gasteiger partial charge is 0.333 e. The highest BCUT2D eigenvalue weighted by atomic mass is 79.9. The summed E-state index contributed by atoms with van der Waals surface area (Å²) < 4.78 is 26.0. The average molecular weight is 303 g/mol. The number of alkyl halides is 2. The number of aromatic nitrogens is 3. The Kier molecular flexibility index (Phi) is 3.68. The molecule has 1 N–H and O–H groups in total. The SMILES string of the molecule is FC(F)n1cc(NCc2ccc(Br)cn2)cn1. The summed E-state index contributed by atoms with van der Waals surface area (Å²) in [5.41, 5.74) is 1.35. The Morgan fingerprint density at radius 1 is 1.35 bits per heavy atom.